The minimum absolute atomic E-state index is 0.0546. The van der Waals surface area contributed by atoms with Crippen LogP contribution in [0.1, 0.15) is 18.9 Å². The first-order valence-electron chi connectivity index (χ1n) is 5.88. The third-order valence-electron chi connectivity index (χ3n) is 2.37. The molecule has 106 valence electrons. The van der Waals surface area contributed by atoms with E-state index >= 15 is 0 Å². The Balaban J connectivity index is 3.02. The summed E-state index contributed by atoms with van der Waals surface area (Å²) in [7, 11) is 0. The van der Waals surface area contributed by atoms with Gasteiger partial charge in [0.25, 0.3) is 5.69 Å². The van der Waals surface area contributed by atoms with Gasteiger partial charge in [0, 0.05) is 18.2 Å². The topological polar surface area (TPSA) is 113 Å². The van der Waals surface area contributed by atoms with E-state index in [2.05, 4.69) is 0 Å². The average molecular weight is 278 g/mol. The lowest BCUT2D eigenvalue weighted by atomic mass is 10.0. The van der Waals surface area contributed by atoms with Crippen molar-refractivity contribution in [1.82, 2.24) is 0 Å². The maximum atomic E-state index is 11.5. The monoisotopic (exact) mass is 278 g/mol. The number of nitro benzene ring substituents is 1. The number of amides is 1. The molecule has 1 aromatic carbocycles. The van der Waals surface area contributed by atoms with E-state index in [1.807, 2.05) is 6.92 Å². The number of nitrogens with zero attached hydrogens (tertiary/aromatic N) is 1. The molecule has 20 heavy (non-hydrogen) atoms. The Labute approximate surface area is 115 Å². The fraction of sp³-hybridized carbons (Fsp3) is 0.231. The Morgan fingerprint density at radius 3 is 2.40 bits per heavy atom. The number of non-ortho nitro benzene ring substituents is 1. The Morgan fingerprint density at radius 2 is 1.95 bits per heavy atom. The van der Waals surface area contributed by atoms with Gasteiger partial charge in [0.15, 0.2) is 0 Å². The molecule has 0 unspecified atom stereocenters. The van der Waals surface area contributed by atoms with Gasteiger partial charge >= 0.3 is 5.97 Å². The molecule has 0 atom stereocenters. The van der Waals surface area contributed by atoms with Crippen molar-refractivity contribution >= 4 is 23.1 Å². The standard InChI is InChI=1S/C13H14N2O5/c1-2-7-20-12(16)8-11(13(14)17)9-3-5-10(6-4-9)15(18)19/h3-6,8H,2,7H2,1H3,(H2,14,17)/b11-8-. The van der Waals surface area contributed by atoms with E-state index in [1.54, 1.807) is 0 Å². The maximum absolute atomic E-state index is 11.5. The number of nitro groups is 1. The van der Waals surface area contributed by atoms with E-state index in [-0.39, 0.29) is 17.9 Å². The summed E-state index contributed by atoms with van der Waals surface area (Å²) in [5, 5.41) is 10.5. The van der Waals surface area contributed by atoms with E-state index in [0.717, 1.165) is 6.08 Å². The zero-order chi connectivity index (χ0) is 15.1. The minimum atomic E-state index is -0.813. The van der Waals surface area contributed by atoms with Crippen molar-refractivity contribution < 1.29 is 19.2 Å². The first kappa shape index (κ1) is 15.4. The summed E-state index contributed by atoms with van der Waals surface area (Å²) in [6, 6.07) is 5.15. The summed E-state index contributed by atoms with van der Waals surface area (Å²) in [5.74, 6) is -1.49. The summed E-state index contributed by atoms with van der Waals surface area (Å²) in [6.45, 7) is 2.07. The predicted molar refractivity (Wildman–Crippen MR) is 71.5 cm³/mol. The maximum Gasteiger partial charge on any atom is 0.331 e. The second kappa shape index (κ2) is 7.03. The number of rotatable bonds is 6. The fourth-order valence-corrected chi connectivity index (χ4v) is 1.42. The summed E-state index contributed by atoms with van der Waals surface area (Å²) in [6.07, 6.45) is 1.64. The van der Waals surface area contributed by atoms with Gasteiger partial charge in [0.2, 0.25) is 5.91 Å². The molecule has 0 saturated heterocycles. The quantitative estimate of drug-likeness (QED) is 0.366. The van der Waals surface area contributed by atoms with Gasteiger partial charge in [-0.2, -0.15) is 0 Å². The highest BCUT2D eigenvalue weighted by molar-refractivity contribution is 6.22. The number of carbonyl (C=O) groups is 2. The first-order valence-corrected chi connectivity index (χ1v) is 5.88. The number of esters is 1. The highest BCUT2D eigenvalue weighted by Crippen LogP contribution is 2.18. The molecule has 1 amide bonds. The molecule has 0 heterocycles. The van der Waals surface area contributed by atoms with Crippen LogP contribution in [0.5, 0.6) is 0 Å². The Kier molecular flexibility index (Phi) is 5.40. The molecule has 0 aromatic heterocycles. The van der Waals surface area contributed by atoms with Crippen molar-refractivity contribution in [2.75, 3.05) is 6.61 Å². The van der Waals surface area contributed by atoms with Gasteiger partial charge in [0.05, 0.1) is 17.1 Å². The summed E-state index contributed by atoms with van der Waals surface area (Å²) < 4.78 is 4.82. The molecule has 0 spiro atoms. The van der Waals surface area contributed by atoms with E-state index in [1.165, 1.54) is 24.3 Å². The number of benzene rings is 1. The summed E-state index contributed by atoms with van der Waals surface area (Å²) >= 11 is 0. The molecule has 0 aliphatic rings. The second-order valence-electron chi connectivity index (χ2n) is 3.89. The normalized spacial score (nSPS) is 10.9. The second-order valence-corrected chi connectivity index (χ2v) is 3.89. The van der Waals surface area contributed by atoms with Crippen LogP contribution in [0, 0.1) is 10.1 Å². The fourth-order valence-electron chi connectivity index (χ4n) is 1.42. The lowest BCUT2D eigenvalue weighted by Crippen LogP contribution is -2.15. The van der Waals surface area contributed by atoms with Crippen molar-refractivity contribution in [2.45, 2.75) is 13.3 Å². The lowest BCUT2D eigenvalue weighted by Gasteiger charge is -2.04. The molecule has 7 nitrogen and oxygen atoms in total. The van der Waals surface area contributed by atoms with E-state index in [9.17, 15) is 19.7 Å². The van der Waals surface area contributed by atoms with E-state index in [4.69, 9.17) is 10.5 Å². The van der Waals surface area contributed by atoms with Crippen LogP contribution in [0.15, 0.2) is 30.3 Å². The van der Waals surface area contributed by atoms with Crippen LogP contribution in [-0.4, -0.2) is 23.4 Å². The Bertz CT molecular complexity index is 548. The van der Waals surface area contributed by atoms with Crippen molar-refractivity contribution in [1.29, 1.82) is 0 Å². The minimum Gasteiger partial charge on any atom is -0.463 e. The zero-order valence-electron chi connectivity index (χ0n) is 10.9. The van der Waals surface area contributed by atoms with Crippen LogP contribution in [0.2, 0.25) is 0 Å². The highest BCUT2D eigenvalue weighted by Gasteiger charge is 2.13. The van der Waals surface area contributed by atoms with Crippen molar-refractivity contribution in [3.63, 3.8) is 0 Å². The molecule has 2 N–H and O–H groups in total. The molecule has 1 aromatic rings. The van der Waals surface area contributed by atoms with Gasteiger partial charge in [-0.1, -0.05) is 6.92 Å². The van der Waals surface area contributed by atoms with Crippen LogP contribution in [0.4, 0.5) is 5.69 Å². The predicted octanol–water partition coefficient (Wildman–Crippen LogP) is 1.42. The third kappa shape index (κ3) is 4.20. The first-order chi connectivity index (χ1) is 9.45. The molecule has 1 rings (SSSR count). The van der Waals surface area contributed by atoms with Crippen LogP contribution in [0.25, 0.3) is 5.57 Å². The molecular formula is C13H14N2O5. The highest BCUT2D eigenvalue weighted by atomic mass is 16.6. The molecule has 0 aliphatic heterocycles. The summed E-state index contributed by atoms with van der Waals surface area (Å²) in [4.78, 5) is 32.8. The number of hydrogen-bond donors (Lipinski definition) is 1. The van der Waals surface area contributed by atoms with Gasteiger partial charge in [0.1, 0.15) is 0 Å². The van der Waals surface area contributed by atoms with Gasteiger partial charge in [-0.3, -0.25) is 14.9 Å². The van der Waals surface area contributed by atoms with Gasteiger partial charge in [-0.15, -0.1) is 0 Å². The number of carbonyl (C=O) groups excluding carboxylic acids is 2. The molecule has 7 heteroatoms. The van der Waals surface area contributed by atoms with Crippen molar-refractivity contribution in [2.24, 2.45) is 5.73 Å². The molecule has 0 aliphatic carbocycles. The Hall–Kier alpha value is -2.70. The number of nitrogens with two attached hydrogens (primary N) is 1. The van der Waals surface area contributed by atoms with Crippen molar-refractivity contribution in [3.8, 4) is 0 Å². The molecule has 0 fully saturated rings. The number of primary amides is 1. The number of ether oxygens (including phenoxy) is 1. The van der Waals surface area contributed by atoms with Crippen LogP contribution in [0.3, 0.4) is 0 Å². The van der Waals surface area contributed by atoms with Crippen molar-refractivity contribution in [3.05, 3.63) is 46.0 Å². The lowest BCUT2D eigenvalue weighted by molar-refractivity contribution is -0.384. The average Bonchev–Trinajstić information content (AvgIpc) is 2.42. The molecule has 0 saturated carbocycles. The van der Waals surface area contributed by atoms with Crippen LogP contribution >= 0.6 is 0 Å². The molecule has 0 radical (unpaired) electrons. The smallest absolute Gasteiger partial charge is 0.331 e. The number of hydrogen-bond acceptors (Lipinski definition) is 5. The SMILES string of the molecule is CCCOC(=O)/C=C(\C(N)=O)c1ccc([N+](=O)[O-])cc1. The zero-order valence-corrected chi connectivity index (χ0v) is 10.9. The van der Waals surface area contributed by atoms with Gasteiger partial charge in [-0.05, 0) is 24.1 Å². The van der Waals surface area contributed by atoms with Gasteiger partial charge < -0.3 is 10.5 Å². The Morgan fingerprint density at radius 1 is 1.35 bits per heavy atom. The summed E-state index contributed by atoms with van der Waals surface area (Å²) in [5.41, 5.74) is 5.34. The van der Waals surface area contributed by atoms with E-state index < -0.39 is 16.8 Å². The van der Waals surface area contributed by atoms with E-state index in [0.29, 0.717) is 12.0 Å². The molecule has 0 bridgehead atoms. The van der Waals surface area contributed by atoms with Crippen LogP contribution < -0.4 is 5.73 Å². The molecular weight excluding hydrogens is 264 g/mol. The van der Waals surface area contributed by atoms with Gasteiger partial charge in [-0.25, -0.2) is 4.79 Å². The third-order valence-corrected chi connectivity index (χ3v) is 2.37. The largest absolute Gasteiger partial charge is 0.463 e. The van der Waals surface area contributed by atoms with Crippen LogP contribution in [-0.2, 0) is 14.3 Å².